The first kappa shape index (κ1) is 8.49. The molecule has 0 bridgehead atoms. The summed E-state index contributed by atoms with van der Waals surface area (Å²) in [6.07, 6.45) is 1.59. The largest absolute Gasteiger partial charge is 0.316 e. The molecule has 1 saturated carbocycles. The predicted octanol–water partition coefficient (Wildman–Crippen LogP) is 1.98. The summed E-state index contributed by atoms with van der Waals surface area (Å²) in [7, 11) is 0. The van der Waals surface area contributed by atoms with Crippen molar-refractivity contribution < 1.29 is 4.39 Å². The molecule has 2 heteroatoms. The molecule has 0 spiro atoms. The van der Waals surface area contributed by atoms with E-state index in [1.165, 1.54) is 0 Å². The Balaban J connectivity index is 2.06. The number of rotatable bonds is 1. The lowest BCUT2D eigenvalue weighted by Gasteiger charge is -2.24. The zero-order valence-corrected chi connectivity index (χ0v) is 7.94. The van der Waals surface area contributed by atoms with Crippen LogP contribution in [0.15, 0.2) is 0 Å². The van der Waals surface area contributed by atoms with E-state index in [2.05, 4.69) is 5.32 Å². The Labute approximate surface area is 73.7 Å². The lowest BCUT2D eigenvalue weighted by atomic mass is 9.89. The predicted molar refractivity (Wildman–Crippen MR) is 47.8 cm³/mol. The molecule has 1 saturated heterocycles. The van der Waals surface area contributed by atoms with Crippen LogP contribution in [0.2, 0.25) is 0 Å². The van der Waals surface area contributed by atoms with Gasteiger partial charge in [0.15, 0.2) is 0 Å². The molecule has 0 aromatic carbocycles. The Bertz CT molecular complexity index is 167. The van der Waals surface area contributed by atoms with Gasteiger partial charge >= 0.3 is 0 Å². The van der Waals surface area contributed by atoms with E-state index in [1.54, 1.807) is 0 Å². The third-order valence-corrected chi connectivity index (χ3v) is 3.72. The van der Waals surface area contributed by atoms with Crippen LogP contribution in [0.25, 0.3) is 0 Å². The van der Waals surface area contributed by atoms with E-state index < -0.39 is 5.67 Å². The van der Waals surface area contributed by atoms with Gasteiger partial charge in [-0.25, -0.2) is 4.39 Å². The SMILES string of the molecule is CC(C)C1(F)CC2CNCC2C1. The molecule has 1 heterocycles. The van der Waals surface area contributed by atoms with Gasteiger partial charge in [0, 0.05) is 0 Å². The third-order valence-electron chi connectivity index (χ3n) is 3.72. The average Bonchev–Trinajstić information content (AvgIpc) is 2.44. The van der Waals surface area contributed by atoms with Gasteiger partial charge in [-0.1, -0.05) is 13.8 Å². The van der Waals surface area contributed by atoms with E-state index in [0.717, 1.165) is 25.9 Å². The minimum Gasteiger partial charge on any atom is -0.316 e. The first-order valence-electron chi connectivity index (χ1n) is 5.01. The monoisotopic (exact) mass is 171 g/mol. The van der Waals surface area contributed by atoms with Gasteiger partial charge in [-0.2, -0.15) is 0 Å². The van der Waals surface area contributed by atoms with E-state index in [9.17, 15) is 4.39 Å². The maximum Gasteiger partial charge on any atom is 0.114 e. The summed E-state index contributed by atoms with van der Waals surface area (Å²) in [6, 6.07) is 0. The van der Waals surface area contributed by atoms with Crippen LogP contribution >= 0.6 is 0 Å². The first-order valence-corrected chi connectivity index (χ1v) is 5.01. The van der Waals surface area contributed by atoms with E-state index in [1.807, 2.05) is 13.8 Å². The van der Waals surface area contributed by atoms with Crippen LogP contribution in [0.5, 0.6) is 0 Å². The molecular formula is C10H18FN. The molecule has 1 aliphatic carbocycles. The Hall–Kier alpha value is -0.110. The standard InChI is InChI=1S/C10H18FN/c1-7(2)10(11)3-8-5-12-6-9(8)4-10/h7-9,12H,3-6H2,1-2H3. The minimum atomic E-state index is -0.850. The van der Waals surface area contributed by atoms with Gasteiger partial charge in [0.1, 0.15) is 5.67 Å². The minimum absolute atomic E-state index is 0.197. The van der Waals surface area contributed by atoms with E-state index in [0.29, 0.717) is 11.8 Å². The normalized spacial score (nSPS) is 47.0. The molecule has 2 atom stereocenters. The highest BCUT2D eigenvalue weighted by molar-refractivity contribution is 5.00. The summed E-state index contributed by atoms with van der Waals surface area (Å²) < 4.78 is 14.1. The highest BCUT2D eigenvalue weighted by atomic mass is 19.1. The van der Waals surface area contributed by atoms with Crippen LogP contribution in [0.3, 0.4) is 0 Å². The molecule has 2 unspecified atom stereocenters. The Morgan fingerprint density at radius 2 is 1.75 bits per heavy atom. The van der Waals surface area contributed by atoms with Crippen molar-refractivity contribution in [1.29, 1.82) is 0 Å². The van der Waals surface area contributed by atoms with Crippen molar-refractivity contribution in [1.82, 2.24) is 5.32 Å². The zero-order valence-electron chi connectivity index (χ0n) is 7.94. The van der Waals surface area contributed by atoms with Crippen LogP contribution in [0, 0.1) is 17.8 Å². The van der Waals surface area contributed by atoms with Gasteiger partial charge < -0.3 is 5.32 Å². The van der Waals surface area contributed by atoms with Crippen molar-refractivity contribution >= 4 is 0 Å². The number of halogens is 1. The second kappa shape index (κ2) is 2.69. The number of hydrogen-bond donors (Lipinski definition) is 1. The number of fused-ring (bicyclic) bond motifs is 1. The van der Waals surface area contributed by atoms with E-state index in [4.69, 9.17) is 0 Å². The van der Waals surface area contributed by atoms with Gasteiger partial charge in [-0.05, 0) is 43.7 Å². The maximum atomic E-state index is 14.1. The highest BCUT2D eigenvalue weighted by Gasteiger charge is 2.48. The Morgan fingerprint density at radius 1 is 1.25 bits per heavy atom. The van der Waals surface area contributed by atoms with Crippen molar-refractivity contribution in [3.05, 3.63) is 0 Å². The molecule has 1 N–H and O–H groups in total. The first-order chi connectivity index (χ1) is 5.62. The quantitative estimate of drug-likeness (QED) is 0.636. The fourth-order valence-electron chi connectivity index (χ4n) is 2.69. The molecule has 0 aromatic rings. The van der Waals surface area contributed by atoms with Crippen LogP contribution in [-0.2, 0) is 0 Å². The molecule has 2 aliphatic rings. The summed E-state index contributed by atoms with van der Waals surface area (Å²) >= 11 is 0. The number of hydrogen-bond acceptors (Lipinski definition) is 1. The topological polar surface area (TPSA) is 12.0 Å². The van der Waals surface area contributed by atoms with Crippen LogP contribution in [0.4, 0.5) is 4.39 Å². The maximum absolute atomic E-state index is 14.1. The lowest BCUT2D eigenvalue weighted by Crippen LogP contribution is -2.29. The smallest absolute Gasteiger partial charge is 0.114 e. The third kappa shape index (κ3) is 1.17. The highest BCUT2D eigenvalue weighted by Crippen LogP contribution is 2.47. The van der Waals surface area contributed by atoms with Crippen molar-refractivity contribution in [3.63, 3.8) is 0 Å². The molecule has 2 fully saturated rings. The molecular weight excluding hydrogens is 153 g/mol. The molecule has 0 radical (unpaired) electrons. The molecule has 1 aliphatic heterocycles. The summed E-state index contributed by atoms with van der Waals surface area (Å²) in [4.78, 5) is 0. The zero-order chi connectivity index (χ0) is 8.77. The van der Waals surface area contributed by atoms with Gasteiger partial charge in [-0.3, -0.25) is 0 Å². The molecule has 0 aromatic heterocycles. The summed E-state index contributed by atoms with van der Waals surface area (Å²) in [6.45, 7) is 6.11. The second-order valence-corrected chi connectivity index (χ2v) is 4.78. The van der Waals surface area contributed by atoms with Crippen molar-refractivity contribution in [2.45, 2.75) is 32.4 Å². The van der Waals surface area contributed by atoms with Gasteiger partial charge in [0.05, 0.1) is 0 Å². The van der Waals surface area contributed by atoms with Crippen LogP contribution in [0.1, 0.15) is 26.7 Å². The fraction of sp³-hybridized carbons (Fsp3) is 1.00. The van der Waals surface area contributed by atoms with Crippen LogP contribution in [-0.4, -0.2) is 18.8 Å². The molecule has 1 nitrogen and oxygen atoms in total. The van der Waals surface area contributed by atoms with Crippen molar-refractivity contribution in [3.8, 4) is 0 Å². The van der Waals surface area contributed by atoms with Crippen molar-refractivity contribution in [2.75, 3.05) is 13.1 Å². The molecule has 0 amide bonds. The van der Waals surface area contributed by atoms with Gasteiger partial charge in [0.25, 0.3) is 0 Å². The molecule has 12 heavy (non-hydrogen) atoms. The second-order valence-electron chi connectivity index (χ2n) is 4.78. The van der Waals surface area contributed by atoms with Crippen LogP contribution < -0.4 is 5.32 Å². The van der Waals surface area contributed by atoms with Gasteiger partial charge in [0.2, 0.25) is 0 Å². The number of alkyl halides is 1. The molecule has 70 valence electrons. The van der Waals surface area contributed by atoms with Gasteiger partial charge in [-0.15, -0.1) is 0 Å². The van der Waals surface area contributed by atoms with E-state index >= 15 is 0 Å². The lowest BCUT2D eigenvalue weighted by molar-refractivity contribution is 0.0985. The molecule has 2 rings (SSSR count). The van der Waals surface area contributed by atoms with Crippen molar-refractivity contribution in [2.24, 2.45) is 17.8 Å². The summed E-state index contributed by atoms with van der Waals surface area (Å²) in [5.41, 5.74) is -0.850. The Morgan fingerprint density at radius 3 is 2.17 bits per heavy atom. The summed E-state index contributed by atoms with van der Waals surface area (Å²) in [5, 5.41) is 3.33. The number of nitrogens with one attached hydrogen (secondary N) is 1. The fourth-order valence-corrected chi connectivity index (χ4v) is 2.69. The average molecular weight is 171 g/mol. The summed E-state index contributed by atoms with van der Waals surface area (Å²) in [5.74, 6) is 1.44. The Kier molecular flexibility index (Phi) is 1.90. The van der Waals surface area contributed by atoms with E-state index in [-0.39, 0.29) is 5.92 Å².